The van der Waals surface area contributed by atoms with E-state index >= 15 is 0 Å². The van der Waals surface area contributed by atoms with Crippen molar-refractivity contribution < 1.29 is 43.1 Å². The van der Waals surface area contributed by atoms with Crippen LogP contribution < -0.4 is 18.9 Å². The zero-order valence-corrected chi connectivity index (χ0v) is 16.8. The number of nitrogens with zero attached hydrogens (tertiary/aromatic N) is 2. The first-order valence-electron chi connectivity index (χ1n) is 9.18. The molecule has 0 amide bonds. The molecule has 2 atom stereocenters. The van der Waals surface area contributed by atoms with Gasteiger partial charge in [-0.2, -0.15) is 0 Å². The van der Waals surface area contributed by atoms with Crippen molar-refractivity contribution in [3.63, 3.8) is 0 Å². The van der Waals surface area contributed by atoms with Crippen molar-refractivity contribution in [2.24, 2.45) is 0 Å². The molecule has 0 saturated carbocycles. The fourth-order valence-electron chi connectivity index (χ4n) is 2.95. The average Bonchev–Trinajstić information content (AvgIpc) is 3.27. The lowest BCUT2D eigenvalue weighted by Gasteiger charge is -2.11. The van der Waals surface area contributed by atoms with Gasteiger partial charge in [0.2, 0.25) is 0 Å². The topological polar surface area (TPSA) is 159 Å². The highest BCUT2D eigenvalue weighted by Gasteiger charge is 2.50. The zero-order chi connectivity index (χ0) is 23.1. The lowest BCUT2D eigenvalue weighted by atomic mass is 10.2. The summed E-state index contributed by atoms with van der Waals surface area (Å²) >= 11 is 0. The van der Waals surface area contributed by atoms with Gasteiger partial charge in [0, 0.05) is 0 Å². The van der Waals surface area contributed by atoms with Crippen LogP contribution >= 0.6 is 0 Å². The van der Waals surface area contributed by atoms with Crippen LogP contribution in [0.25, 0.3) is 0 Å². The van der Waals surface area contributed by atoms with Crippen LogP contribution in [-0.2, 0) is 22.7 Å². The summed E-state index contributed by atoms with van der Waals surface area (Å²) in [6.45, 7) is 2.00. The molecule has 13 nitrogen and oxygen atoms in total. The van der Waals surface area contributed by atoms with E-state index in [-0.39, 0.29) is 36.2 Å². The molecular formula is C19H16N2O11. The molecule has 13 heteroatoms. The molecule has 4 rings (SSSR count). The number of carbonyl (C=O) groups excluding carboxylic acids is 1. The predicted octanol–water partition coefficient (Wildman–Crippen LogP) is 2.98. The van der Waals surface area contributed by atoms with E-state index in [2.05, 4.69) is 0 Å². The van der Waals surface area contributed by atoms with Gasteiger partial charge in [0.25, 0.3) is 0 Å². The monoisotopic (exact) mass is 448 g/mol. The Kier molecular flexibility index (Phi) is 4.87. The molecule has 2 aromatic rings. The summed E-state index contributed by atoms with van der Waals surface area (Å²) < 4.78 is 30.8. The minimum atomic E-state index is -2.01. The van der Waals surface area contributed by atoms with E-state index in [1.807, 2.05) is 0 Å². The van der Waals surface area contributed by atoms with E-state index in [0.29, 0.717) is 11.1 Å². The van der Waals surface area contributed by atoms with Gasteiger partial charge in [-0.05, 0) is 35.4 Å². The molecule has 168 valence electrons. The molecule has 2 unspecified atom stereocenters. The zero-order valence-electron chi connectivity index (χ0n) is 16.8. The number of nitro groups is 2. The molecule has 32 heavy (non-hydrogen) atoms. The molecular weight excluding hydrogens is 432 g/mol. The number of carbonyl (C=O) groups is 1. The number of ether oxygens (including phenoxy) is 6. The van der Waals surface area contributed by atoms with E-state index in [0.717, 1.165) is 0 Å². The van der Waals surface area contributed by atoms with Gasteiger partial charge in [0.1, 0.15) is 23.1 Å². The molecule has 0 fully saturated rings. The van der Waals surface area contributed by atoms with Gasteiger partial charge in [0.05, 0.1) is 13.8 Å². The lowest BCUT2D eigenvalue weighted by molar-refractivity contribution is -0.653. The van der Waals surface area contributed by atoms with Crippen LogP contribution in [0, 0.1) is 20.2 Å². The Balaban J connectivity index is 1.29. The van der Waals surface area contributed by atoms with Gasteiger partial charge in [-0.3, -0.25) is 20.2 Å². The second-order valence-electron chi connectivity index (χ2n) is 7.11. The summed E-state index contributed by atoms with van der Waals surface area (Å²) in [6.07, 6.45) is -0.967. The maximum atomic E-state index is 11.9. The summed E-state index contributed by atoms with van der Waals surface area (Å²) in [6, 6.07) is 8.98. The minimum absolute atomic E-state index is 0.153. The van der Waals surface area contributed by atoms with Crippen LogP contribution in [0.15, 0.2) is 36.4 Å². The number of rotatable bonds is 6. The molecule has 0 saturated heterocycles. The van der Waals surface area contributed by atoms with Crippen LogP contribution in [0.3, 0.4) is 0 Å². The highest BCUT2D eigenvalue weighted by molar-refractivity contribution is 5.60. The van der Waals surface area contributed by atoms with Crippen molar-refractivity contribution in [2.45, 2.75) is 38.9 Å². The van der Waals surface area contributed by atoms with Crippen LogP contribution in [0.5, 0.6) is 23.0 Å². The summed E-state index contributed by atoms with van der Waals surface area (Å²) in [5.74, 6) is -3.31. The molecule has 0 N–H and O–H groups in total. The smallest absolute Gasteiger partial charge is 0.429 e. The maximum Gasteiger partial charge on any atom is 0.523 e. The largest absolute Gasteiger partial charge is 0.523 e. The van der Waals surface area contributed by atoms with Crippen molar-refractivity contribution in [1.82, 2.24) is 0 Å². The second kappa shape index (κ2) is 7.44. The molecule has 0 spiro atoms. The molecule has 2 aromatic carbocycles. The molecule has 0 radical (unpaired) electrons. The number of benzene rings is 2. The van der Waals surface area contributed by atoms with Crippen molar-refractivity contribution in [1.29, 1.82) is 0 Å². The van der Waals surface area contributed by atoms with Crippen LogP contribution in [0.2, 0.25) is 0 Å². The molecule has 2 heterocycles. The van der Waals surface area contributed by atoms with Gasteiger partial charge in [0.15, 0.2) is 23.0 Å². The van der Waals surface area contributed by atoms with Crippen LogP contribution in [-0.4, -0.2) is 27.8 Å². The Morgan fingerprint density at radius 1 is 0.781 bits per heavy atom. The van der Waals surface area contributed by atoms with Crippen molar-refractivity contribution in [2.75, 3.05) is 0 Å². The first-order valence-corrected chi connectivity index (χ1v) is 9.18. The maximum absolute atomic E-state index is 11.9. The van der Waals surface area contributed by atoms with Crippen molar-refractivity contribution in [3.8, 4) is 23.0 Å². The van der Waals surface area contributed by atoms with Gasteiger partial charge < -0.3 is 28.4 Å². The van der Waals surface area contributed by atoms with Gasteiger partial charge in [-0.1, -0.05) is 12.1 Å². The van der Waals surface area contributed by atoms with E-state index in [9.17, 15) is 25.0 Å². The quantitative estimate of drug-likeness (QED) is 0.363. The lowest BCUT2D eigenvalue weighted by Crippen LogP contribution is -2.43. The highest BCUT2D eigenvalue weighted by Crippen LogP contribution is 2.41. The van der Waals surface area contributed by atoms with Crippen LogP contribution in [0.1, 0.15) is 25.0 Å². The molecule has 0 aromatic heterocycles. The Bertz CT molecular complexity index is 1030. The van der Waals surface area contributed by atoms with Gasteiger partial charge in [-0.25, -0.2) is 4.79 Å². The first kappa shape index (κ1) is 21.0. The standard InChI is InChI=1S/C19H16N2O11/c1-18(20(23)24)29-13-5-3-11(7-15(13)31-18)9-27-17(22)28-10-12-4-6-14-16(8-12)32-19(2,30-14)21(25)26/h3-8H,9-10H2,1-2H3. The Hall–Kier alpha value is -4.29. The first-order chi connectivity index (χ1) is 15.1. The summed E-state index contributed by atoms with van der Waals surface area (Å²) in [7, 11) is 0. The molecule has 0 aliphatic carbocycles. The third-order valence-electron chi connectivity index (χ3n) is 4.59. The predicted molar refractivity (Wildman–Crippen MR) is 101 cm³/mol. The Morgan fingerprint density at radius 3 is 1.53 bits per heavy atom. The van der Waals surface area contributed by atoms with Crippen molar-refractivity contribution in [3.05, 3.63) is 67.8 Å². The fraction of sp³-hybridized carbons (Fsp3) is 0.316. The number of fused-ring (bicyclic) bond motifs is 2. The van der Waals surface area contributed by atoms with E-state index in [4.69, 9.17) is 28.4 Å². The normalized spacial score (nSPS) is 22.3. The molecule has 2 aliphatic rings. The van der Waals surface area contributed by atoms with Gasteiger partial charge >= 0.3 is 18.0 Å². The van der Waals surface area contributed by atoms with Crippen molar-refractivity contribution >= 4 is 6.16 Å². The fourth-order valence-corrected chi connectivity index (χ4v) is 2.95. The van der Waals surface area contributed by atoms with E-state index < -0.39 is 27.8 Å². The Morgan fingerprint density at radius 2 is 1.16 bits per heavy atom. The summed E-state index contributed by atoms with van der Waals surface area (Å²) in [4.78, 5) is 32.6. The minimum Gasteiger partial charge on any atom is -0.429 e. The second-order valence-corrected chi connectivity index (χ2v) is 7.11. The number of hydrogen-bond donors (Lipinski definition) is 0. The average molecular weight is 448 g/mol. The molecule has 2 aliphatic heterocycles. The van der Waals surface area contributed by atoms with Crippen LogP contribution in [0.4, 0.5) is 4.79 Å². The third kappa shape index (κ3) is 3.87. The summed E-state index contributed by atoms with van der Waals surface area (Å²) in [5.41, 5.74) is 0.998. The highest BCUT2D eigenvalue weighted by atomic mass is 16.8. The third-order valence-corrected chi connectivity index (χ3v) is 4.59. The van der Waals surface area contributed by atoms with Gasteiger partial charge in [-0.15, -0.1) is 0 Å². The molecule has 0 bridgehead atoms. The SMILES string of the molecule is CC1([N+](=O)[O-])Oc2ccc(COC(=O)OCc3ccc4c(c3)OC(C)([N+](=O)[O-])O4)cc2O1. The number of hydrogen-bond acceptors (Lipinski definition) is 11. The van der Waals surface area contributed by atoms with E-state index in [1.54, 1.807) is 12.1 Å². The van der Waals surface area contributed by atoms with E-state index in [1.165, 1.54) is 38.1 Å². The Labute approximate surface area is 179 Å². The summed E-state index contributed by atoms with van der Waals surface area (Å²) in [5, 5.41) is 22.1.